The summed E-state index contributed by atoms with van der Waals surface area (Å²) in [6.07, 6.45) is -0.210. The van der Waals surface area contributed by atoms with Crippen LogP contribution in [0.4, 0.5) is 9.59 Å². The van der Waals surface area contributed by atoms with E-state index in [1.54, 1.807) is 13.8 Å². The molecular formula is C45H64N4O13S. The summed E-state index contributed by atoms with van der Waals surface area (Å²) in [5.41, 5.74) is 0.517. The molecule has 2 aromatic carbocycles. The number of sulfonamides is 1. The Balaban J connectivity index is 1.10. The van der Waals surface area contributed by atoms with Crippen LogP contribution in [0.2, 0.25) is 0 Å². The number of alkyl carbamates (subject to hydrolysis) is 2. The Labute approximate surface area is 370 Å². The van der Waals surface area contributed by atoms with E-state index >= 15 is 0 Å². The van der Waals surface area contributed by atoms with Crippen molar-refractivity contribution in [3.05, 3.63) is 65.7 Å². The van der Waals surface area contributed by atoms with Crippen molar-refractivity contribution in [1.82, 2.24) is 19.8 Å². The minimum atomic E-state index is -4.14. The van der Waals surface area contributed by atoms with Gasteiger partial charge in [-0.3, -0.25) is 9.59 Å². The van der Waals surface area contributed by atoms with E-state index in [-0.39, 0.29) is 69.0 Å². The summed E-state index contributed by atoms with van der Waals surface area (Å²) in [4.78, 5) is 65.6. The van der Waals surface area contributed by atoms with E-state index in [9.17, 15) is 37.5 Å². The summed E-state index contributed by atoms with van der Waals surface area (Å²) in [6.45, 7) is 9.74. The summed E-state index contributed by atoms with van der Waals surface area (Å²) >= 11 is 0. The fourth-order valence-electron chi connectivity index (χ4n) is 7.67. The highest BCUT2D eigenvalue weighted by molar-refractivity contribution is 7.89. The van der Waals surface area contributed by atoms with Gasteiger partial charge in [-0.1, -0.05) is 77.1 Å². The average Bonchev–Trinajstić information content (AvgIpc) is 3.90. The van der Waals surface area contributed by atoms with Crippen LogP contribution in [0, 0.1) is 17.3 Å². The summed E-state index contributed by atoms with van der Waals surface area (Å²) in [5, 5.41) is 17.0. The molecule has 6 atom stereocenters. The second-order valence-corrected chi connectivity index (χ2v) is 19.4. The second-order valence-electron chi connectivity index (χ2n) is 17.4. The molecule has 3 saturated heterocycles. The van der Waals surface area contributed by atoms with Crippen molar-refractivity contribution in [1.29, 1.82) is 0 Å². The van der Waals surface area contributed by atoms with Gasteiger partial charge < -0.3 is 44.3 Å². The van der Waals surface area contributed by atoms with Crippen LogP contribution in [0.5, 0.6) is 0 Å². The van der Waals surface area contributed by atoms with Crippen LogP contribution >= 0.6 is 0 Å². The van der Waals surface area contributed by atoms with Crippen molar-refractivity contribution >= 4 is 39.9 Å². The van der Waals surface area contributed by atoms with E-state index in [4.69, 9.17) is 23.7 Å². The fourth-order valence-corrected chi connectivity index (χ4v) is 9.30. The Morgan fingerprint density at radius 2 is 1.67 bits per heavy atom. The number of hydrogen-bond acceptors (Lipinski definition) is 13. The number of aliphatic hydroxyl groups is 1. The molecule has 0 aliphatic carbocycles. The van der Waals surface area contributed by atoms with Gasteiger partial charge >= 0.3 is 18.2 Å². The summed E-state index contributed by atoms with van der Waals surface area (Å²) < 4.78 is 56.9. The molecule has 17 nitrogen and oxygen atoms in total. The lowest BCUT2D eigenvalue weighted by Gasteiger charge is -2.35. The third-order valence-electron chi connectivity index (χ3n) is 11.8. The maximum atomic E-state index is 14.1. The number of likely N-dealkylation sites (tertiary alicyclic amines) is 1. The largest absolute Gasteiger partial charge is 0.464 e. The lowest BCUT2D eigenvalue weighted by Crippen LogP contribution is -2.53. The number of Topliss-reactive ketones (excluding diaryl/α,β-unsaturated/α-hetero) is 1. The quantitative estimate of drug-likeness (QED) is 0.0689. The zero-order valence-electron chi connectivity index (χ0n) is 37.0. The van der Waals surface area contributed by atoms with Gasteiger partial charge in [-0.25, -0.2) is 22.8 Å². The first-order valence-corrected chi connectivity index (χ1v) is 23.4. The number of rotatable bonds is 21. The Morgan fingerprint density at radius 3 is 2.37 bits per heavy atom. The molecule has 3 aliphatic rings. The Bertz CT molecular complexity index is 1960. The molecule has 3 heterocycles. The molecule has 348 valence electrons. The summed E-state index contributed by atoms with van der Waals surface area (Å²) in [7, 11) is -4.14. The molecule has 63 heavy (non-hydrogen) atoms. The van der Waals surface area contributed by atoms with Gasteiger partial charge in [0.15, 0.2) is 6.29 Å². The van der Waals surface area contributed by atoms with Crippen LogP contribution in [0.1, 0.15) is 84.3 Å². The minimum Gasteiger partial charge on any atom is -0.464 e. The van der Waals surface area contributed by atoms with Crippen LogP contribution in [-0.2, 0) is 61.1 Å². The van der Waals surface area contributed by atoms with Gasteiger partial charge in [0.05, 0.1) is 42.8 Å². The molecule has 0 radical (unpaired) electrons. The maximum absolute atomic E-state index is 14.1. The number of hydrogen-bond donors (Lipinski definition) is 3. The normalized spacial score (nSPS) is 21.0. The zero-order valence-corrected chi connectivity index (χ0v) is 37.8. The highest BCUT2D eigenvalue weighted by Crippen LogP contribution is 2.33. The second kappa shape index (κ2) is 22.8. The number of nitrogens with one attached hydrogen (secondary N) is 2. The Hall–Kier alpha value is -4.62. The minimum absolute atomic E-state index is 0.0171. The molecule has 0 saturated carbocycles. The van der Waals surface area contributed by atoms with E-state index in [1.165, 1.54) is 33.5 Å². The highest BCUT2D eigenvalue weighted by atomic mass is 32.2. The number of aliphatic hydroxyl groups excluding tert-OH is 1. The van der Waals surface area contributed by atoms with Crippen molar-refractivity contribution in [3.63, 3.8) is 0 Å². The van der Waals surface area contributed by atoms with E-state index in [0.717, 1.165) is 12.0 Å². The van der Waals surface area contributed by atoms with Gasteiger partial charge in [0.2, 0.25) is 15.8 Å². The van der Waals surface area contributed by atoms with Crippen LogP contribution in [-0.4, -0.2) is 129 Å². The molecule has 0 aromatic heterocycles. The van der Waals surface area contributed by atoms with Crippen molar-refractivity contribution < 1.29 is 61.2 Å². The number of benzene rings is 2. The summed E-state index contributed by atoms with van der Waals surface area (Å²) in [6, 6.07) is 13.4. The number of ketones is 1. The van der Waals surface area contributed by atoms with Crippen molar-refractivity contribution in [2.75, 3.05) is 46.0 Å². The Morgan fingerprint density at radius 1 is 0.937 bits per heavy atom. The topological polar surface area (TPSA) is 216 Å². The van der Waals surface area contributed by atoms with E-state index < -0.39 is 75.9 Å². The van der Waals surface area contributed by atoms with Gasteiger partial charge in [-0.2, -0.15) is 4.31 Å². The number of carbonyl (C=O) groups excluding carboxylic acids is 5. The first kappa shape index (κ1) is 49.4. The van der Waals surface area contributed by atoms with Gasteiger partial charge in [-0.15, -0.1) is 0 Å². The van der Waals surface area contributed by atoms with Crippen molar-refractivity contribution in [2.24, 2.45) is 17.3 Å². The van der Waals surface area contributed by atoms with Crippen LogP contribution < -0.4 is 10.6 Å². The molecule has 3 amide bonds. The first-order valence-electron chi connectivity index (χ1n) is 21.9. The number of ether oxygens (including phenoxy) is 5. The third kappa shape index (κ3) is 13.7. The molecule has 18 heteroatoms. The van der Waals surface area contributed by atoms with E-state index in [0.29, 0.717) is 44.4 Å². The molecule has 3 aliphatic heterocycles. The van der Waals surface area contributed by atoms with Crippen LogP contribution in [0.25, 0.3) is 0 Å². The zero-order chi connectivity index (χ0) is 45.7. The van der Waals surface area contributed by atoms with Gasteiger partial charge in [0, 0.05) is 31.6 Å². The van der Waals surface area contributed by atoms with Gasteiger partial charge in [0.1, 0.15) is 18.8 Å². The lowest BCUT2D eigenvalue weighted by molar-refractivity contribution is -0.161. The van der Waals surface area contributed by atoms with Crippen LogP contribution in [0.3, 0.4) is 0 Å². The molecule has 0 spiro atoms. The molecule has 0 unspecified atom stereocenters. The van der Waals surface area contributed by atoms with E-state index in [2.05, 4.69) is 10.6 Å². The molecular weight excluding hydrogens is 837 g/mol. The molecule has 2 aromatic rings. The van der Waals surface area contributed by atoms with Gasteiger partial charge in [-0.05, 0) is 74.1 Å². The molecule has 3 N–H and O–H groups in total. The van der Waals surface area contributed by atoms with Crippen LogP contribution in [0.15, 0.2) is 59.5 Å². The standard InChI is InChI=1S/C45H64N4O13S/c1-6-45(4,5)39(51)40(52)49-22-11-10-15-36(49)41(53)58-23-12-21-46-43(54)61-28-32-16-18-33(19-17-32)63(56,57)48(26-30(2)3)27-37(50)35(25-31-13-8-7-9-14-31)47-44(55)62-38-29-60-42-34(38)20-24-59-42/h7-9,13-14,16-19,30,34-38,42,50H,6,10-12,15,20-29H2,1-5H3,(H,46,54)(H,47,55)/t34-,35-,36+,37+,38-,42+/m0/s1. The number of carbonyl (C=O) groups is 5. The van der Waals surface area contributed by atoms with E-state index in [1.807, 2.05) is 51.1 Å². The maximum Gasteiger partial charge on any atom is 0.407 e. The average molecular weight is 901 g/mol. The summed E-state index contributed by atoms with van der Waals surface area (Å²) in [5.74, 6) is -1.96. The number of nitrogens with zero attached hydrogens (tertiary/aromatic N) is 2. The predicted octanol–water partition coefficient (Wildman–Crippen LogP) is 4.34. The Kier molecular flexibility index (Phi) is 17.9. The number of amides is 3. The predicted molar refractivity (Wildman–Crippen MR) is 229 cm³/mol. The monoisotopic (exact) mass is 900 g/mol. The van der Waals surface area contributed by atoms with Crippen molar-refractivity contribution in [2.45, 2.75) is 122 Å². The molecule has 3 fully saturated rings. The molecule has 0 bridgehead atoms. The third-order valence-corrected chi connectivity index (χ3v) is 13.6. The fraction of sp³-hybridized carbons (Fsp3) is 0.622. The number of esters is 1. The smallest absolute Gasteiger partial charge is 0.407 e. The van der Waals surface area contributed by atoms with Gasteiger partial charge in [0.25, 0.3) is 5.91 Å². The highest BCUT2D eigenvalue weighted by Gasteiger charge is 2.44. The number of piperidine rings is 1. The van der Waals surface area contributed by atoms with Crippen molar-refractivity contribution in [3.8, 4) is 0 Å². The first-order chi connectivity index (χ1) is 30.0. The molecule has 5 rings (SSSR count). The number of fused-ring (bicyclic) bond motifs is 1. The SMILES string of the molecule is CCC(C)(C)C(=O)C(=O)N1CCCC[C@@H]1C(=O)OCCCNC(=O)OCc1ccc(S(=O)(=O)N(CC(C)C)C[C@@H](O)[C@H](Cc2ccccc2)NC(=O)O[C@H]2CO[C@H]3OCC[C@H]32)cc1. The lowest BCUT2D eigenvalue weighted by atomic mass is 9.84.